The molecule has 0 saturated heterocycles. The largest absolute Gasteiger partial charge is 0.446 e. The van der Waals surface area contributed by atoms with Crippen LogP contribution < -0.4 is 4.78 Å². The van der Waals surface area contributed by atoms with E-state index in [0.717, 1.165) is 17.6 Å². The molecule has 0 fully saturated rings. The summed E-state index contributed by atoms with van der Waals surface area (Å²) in [5.74, 6) is 0. The maximum atomic E-state index is 9.41. The lowest BCUT2D eigenvalue weighted by Crippen LogP contribution is -2.21. The predicted molar refractivity (Wildman–Crippen MR) is 64.1 cm³/mol. The van der Waals surface area contributed by atoms with Crippen molar-refractivity contribution in [2.75, 3.05) is 0 Å². The quantitative estimate of drug-likeness (QED) is 0.733. The lowest BCUT2D eigenvalue weighted by atomic mass is 9.70. The van der Waals surface area contributed by atoms with Gasteiger partial charge in [-0.3, -0.25) is 0 Å². The van der Waals surface area contributed by atoms with E-state index in [0.29, 0.717) is 0 Å². The Hall–Kier alpha value is -0.795. The van der Waals surface area contributed by atoms with Gasteiger partial charge in [-0.05, 0) is 24.5 Å². The van der Waals surface area contributed by atoms with Crippen molar-refractivity contribution < 1.29 is 5.02 Å². The van der Waals surface area contributed by atoms with Crippen LogP contribution in [-0.4, -0.2) is 11.9 Å². The number of rotatable bonds is 2. The van der Waals surface area contributed by atoms with Crippen molar-refractivity contribution in [2.24, 2.45) is 0 Å². The van der Waals surface area contributed by atoms with E-state index in [1.807, 2.05) is 6.07 Å². The lowest BCUT2D eigenvalue weighted by molar-refractivity contribution is 0.595. The molecule has 14 heavy (non-hydrogen) atoms. The Labute approximate surface area is 88.9 Å². The standard InChI is InChI=1S/C11H13BOS/c1-12(13)11-8-7-10(14-11)9-5-3-2-4-6-9/h3,5-8,13H,2,4H2,1H3. The van der Waals surface area contributed by atoms with Crippen molar-refractivity contribution >= 4 is 28.6 Å². The van der Waals surface area contributed by atoms with Gasteiger partial charge in [0, 0.05) is 9.65 Å². The van der Waals surface area contributed by atoms with Crippen LogP contribution in [0.4, 0.5) is 0 Å². The van der Waals surface area contributed by atoms with Crippen LogP contribution in [0.2, 0.25) is 6.82 Å². The van der Waals surface area contributed by atoms with E-state index in [4.69, 9.17) is 0 Å². The molecular weight excluding hydrogens is 191 g/mol. The summed E-state index contributed by atoms with van der Waals surface area (Å²) in [6.45, 7) is 1.46. The highest BCUT2D eigenvalue weighted by molar-refractivity contribution is 7.23. The molecule has 0 bridgehead atoms. The van der Waals surface area contributed by atoms with Crippen LogP contribution in [0.25, 0.3) is 5.57 Å². The van der Waals surface area contributed by atoms with Gasteiger partial charge in [0.1, 0.15) is 0 Å². The van der Waals surface area contributed by atoms with Crippen LogP contribution in [0.15, 0.2) is 30.4 Å². The molecular formula is C11H13BOS. The summed E-state index contributed by atoms with van der Waals surface area (Å²) in [4.78, 5) is 1.26. The zero-order chi connectivity index (χ0) is 9.97. The van der Waals surface area contributed by atoms with E-state index in [2.05, 4.69) is 24.3 Å². The van der Waals surface area contributed by atoms with Gasteiger partial charge in [0.2, 0.25) is 0 Å². The summed E-state index contributed by atoms with van der Waals surface area (Å²) >= 11 is 1.68. The van der Waals surface area contributed by atoms with E-state index < -0.39 is 0 Å². The highest BCUT2D eigenvalue weighted by Crippen LogP contribution is 2.24. The molecule has 0 saturated carbocycles. The first-order valence-corrected chi connectivity index (χ1v) is 5.74. The maximum Gasteiger partial charge on any atom is 0.330 e. The van der Waals surface area contributed by atoms with E-state index in [1.54, 1.807) is 18.2 Å². The average Bonchev–Trinajstić information content (AvgIpc) is 2.68. The van der Waals surface area contributed by atoms with Gasteiger partial charge < -0.3 is 5.02 Å². The van der Waals surface area contributed by atoms with Gasteiger partial charge in [-0.2, -0.15) is 0 Å². The van der Waals surface area contributed by atoms with Crippen LogP contribution in [-0.2, 0) is 0 Å². The smallest absolute Gasteiger partial charge is 0.330 e. The lowest BCUT2D eigenvalue weighted by Gasteiger charge is -2.03. The normalized spacial score (nSPS) is 15.4. The van der Waals surface area contributed by atoms with E-state index >= 15 is 0 Å². The first-order chi connectivity index (χ1) is 6.77. The van der Waals surface area contributed by atoms with Crippen LogP contribution in [0.1, 0.15) is 17.7 Å². The molecule has 1 aromatic heterocycles. The summed E-state index contributed by atoms with van der Waals surface area (Å²) in [5, 5.41) is 9.41. The van der Waals surface area contributed by atoms with Crippen molar-refractivity contribution in [3.63, 3.8) is 0 Å². The van der Waals surface area contributed by atoms with Gasteiger partial charge >= 0.3 is 6.92 Å². The van der Waals surface area contributed by atoms with Gasteiger partial charge in [-0.1, -0.05) is 31.1 Å². The van der Waals surface area contributed by atoms with Crippen LogP contribution in [0.3, 0.4) is 0 Å². The summed E-state index contributed by atoms with van der Waals surface area (Å²) in [5.41, 5.74) is 1.30. The minimum absolute atomic E-state index is 0.345. The molecule has 0 spiro atoms. The Kier molecular flexibility index (Phi) is 2.89. The van der Waals surface area contributed by atoms with Crippen molar-refractivity contribution in [1.82, 2.24) is 0 Å². The van der Waals surface area contributed by atoms with Gasteiger partial charge in [0.25, 0.3) is 0 Å². The molecule has 2 rings (SSSR count). The molecule has 72 valence electrons. The second-order valence-electron chi connectivity index (χ2n) is 3.52. The van der Waals surface area contributed by atoms with Gasteiger partial charge in [-0.25, -0.2) is 0 Å². The number of thiophene rings is 1. The first-order valence-electron chi connectivity index (χ1n) is 4.92. The monoisotopic (exact) mass is 204 g/mol. The van der Waals surface area contributed by atoms with Crippen molar-refractivity contribution in [3.8, 4) is 0 Å². The fourth-order valence-electron chi connectivity index (χ4n) is 1.53. The summed E-state index contributed by atoms with van der Waals surface area (Å²) in [6.07, 6.45) is 8.92. The number of allylic oxidation sites excluding steroid dienone is 4. The maximum absolute atomic E-state index is 9.41. The zero-order valence-electron chi connectivity index (χ0n) is 8.23. The topological polar surface area (TPSA) is 20.2 Å². The van der Waals surface area contributed by atoms with Crippen molar-refractivity contribution in [1.29, 1.82) is 0 Å². The molecule has 0 amide bonds. The number of hydrogen-bond acceptors (Lipinski definition) is 2. The van der Waals surface area contributed by atoms with Gasteiger partial charge in [0.15, 0.2) is 0 Å². The number of hydrogen-bond donors (Lipinski definition) is 1. The summed E-state index contributed by atoms with van der Waals surface area (Å²) in [7, 11) is 0. The van der Waals surface area contributed by atoms with E-state index in [-0.39, 0.29) is 6.92 Å². The second-order valence-corrected chi connectivity index (χ2v) is 4.63. The third kappa shape index (κ3) is 1.99. The summed E-state index contributed by atoms with van der Waals surface area (Å²) < 4.78 is 1.04. The minimum Gasteiger partial charge on any atom is -0.446 e. The van der Waals surface area contributed by atoms with E-state index in [1.165, 1.54) is 10.5 Å². The molecule has 0 radical (unpaired) electrons. The van der Waals surface area contributed by atoms with Crippen LogP contribution >= 0.6 is 11.3 Å². The second kappa shape index (κ2) is 4.15. The Morgan fingerprint density at radius 3 is 2.79 bits per heavy atom. The fourth-order valence-corrected chi connectivity index (χ4v) is 2.49. The van der Waals surface area contributed by atoms with Gasteiger partial charge in [0.05, 0.1) is 0 Å². The Bertz CT molecular complexity index is 376. The molecule has 1 N–H and O–H groups in total. The Balaban J connectivity index is 2.24. The Morgan fingerprint density at radius 1 is 1.36 bits per heavy atom. The highest BCUT2D eigenvalue weighted by Gasteiger charge is 2.11. The highest BCUT2D eigenvalue weighted by atomic mass is 32.1. The van der Waals surface area contributed by atoms with Crippen LogP contribution in [0.5, 0.6) is 0 Å². The molecule has 1 aromatic rings. The predicted octanol–water partition coefficient (Wildman–Crippen LogP) is 2.30. The Morgan fingerprint density at radius 2 is 2.21 bits per heavy atom. The molecule has 0 atom stereocenters. The molecule has 1 aliphatic rings. The van der Waals surface area contributed by atoms with Crippen molar-refractivity contribution in [2.45, 2.75) is 19.7 Å². The van der Waals surface area contributed by atoms with Gasteiger partial charge in [-0.15, -0.1) is 11.3 Å². The SMILES string of the molecule is CB(O)c1ccc(C2=CCCC=C2)s1. The first kappa shape index (κ1) is 9.75. The fraction of sp³-hybridized carbons (Fsp3) is 0.273. The third-order valence-corrected chi connectivity index (χ3v) is 3.62. The molecule has 0 aliphatic heterocycles. The van der Waals surface area contributed by atoms with E-state index in [9.17, 15) is 5.02 Å². The van der Waals surface area contributed by atoms with Crippen LogP contribution in [0, 0.1) is 0 Å². The molecule has 1 aliphatic carbocycles. The summed E-state index contributed by atoms with van der Waals surface area (Å²) in [6, 6.07) is 4.10. The average molecular weight is 204 g/mol. The molecule has 0 aromatic carbocycles. The third-order valence-electron chi connectivity index (χ3n) is 2.32. The molecule has 1 nitrogen and oxygen atoms in total. The zero-order valence-corrected chi connectivity index (χ0v) is 9.05. The molecule has 0 unspecified atom stereocenters. The molecule has 3 heteroatoms. The molecule has 1 heterocycles. The van der Waals surface area contributed by atoms with Crippen molar-refractivity contribution in [3.05, 3.63) is 35.2 Å². The minimum atomic E-state index is -0.345.